The van der Waals surface area contributed by atoms with Crippen LogP contribution in [0.3, 0.4) is 0 Å². The third-order valence-corrected chi connectivity index (χ3v) is 4.24. The molecule has 1 amide bonds. The summed E-state index contributed by atoms with van der Waals surface area (Å²) in [6.45, 7) is 9.72. The highest BCUT2D eigenvalue weighted by atomic mass is 16.6. The SMILES string of the molecule is CCOC(=O)[C@@H]1CCN(Cc2ccccc2)C[C@@H]1NC(=O)OC(C)(C)C. The number of benzene rings is 1. The maximum atomic E-state index is 12.3. The highest BCUT2D eigenvalue weighted by Gasteiger charge is 2.36. The first-order valence-electron chi connectivity index (χ1n) is 9.21. The van der Waals surface area contributed by atoms with Gasteiger partial charge in [-0.1, -0.05) is 30.3 Å². The fourth-order valence-electron chi connectivity index (χ4n) is 3.14. The molecule has 1 aromatic rings. The number of alkyl carbamates (subject to hydrolysis) is 1. The molecule has 2 rings (SSSR count). The number of nitrogens with zero attached hydrogens (tertiary/aromatic N) is 1. The second-order valence-corrected chi connectivity index (χ2v) is 7.62. The number of hydrogen-bond acceptors (Lipinski definition) is 5. The predicted octanol–water partition coefficient (Wildman–Crippen LogP) is 2.96. The number of carbonyl (C=O) groups excluding carboxylic acids is 2. The molecular weight excluding hydrogens is 332 g/mol. The molecule has 0 unspecified atom stereocenters. The summed E-state index contributed by atoms with van der Waals surface area (Å²) >= 11 is 0. The maximum absolute atomic E-state index is 12.3. The molecule has 6 heteroatoms. The first kappa shape index (κ1) is 20.2. The van der Waals surface area contributed by atoms with Crippen molar-refractivity contribution in [1.29, 1.82) is 0 Å². The van der Waals surface area contributed by atoms with Crippen molar-refractivity contribution < 1.29 is 19.1 Å². The number of nitrogens with one attached hydrogen (secondary N) is 1. The average molecular weight is 362 g/mol. The molecule has 0 bridgehead atoms. The topological polar surface area (TPSA) is 67.9 Å². The van der Waals surface area contributed by atoms with Crippen LogP contribution >= 0.6 is 0 Å². The van der Waals surface area contributed by atoms with E-state index < -0.39 is 11.7 Å². The van der Waals surface area contributed by atoms with Gasteiger partial charge in [0.2, 0.25) is 0 Å². The standard InChI is InChI=1S/C20H30N2O4/c1-5-25-18(23)16-11-12-22(13-15-9-7-6-8-10-15)14-17(16)21-19(24)26-20(2,3)4/h6-10,16-17H,5,11-14H2,1-4H3,(H,21,24)/t16-,17+/m1/s1. The number of hydrogen-bond donors (Lipinski definition) is 1. The highest BCUT2D eigenvalue weighted by Crippen LogP contribution is 2.22. The van der Waals surface area contributed by atoms with Gasteiger partial charge in [0.1, 0.15) is 5.60 Å². The van der Waals surface area contributed by atoms with Crippen LogP contribution < -0.4 is 5.32 Å². The van der Waals surface area contributed by atoms with Gasteiger partial charge >= 0.3 is 12.1 Å². The van der Waals surface area contributed by atoms with Gasteiger partial charge in [-0.15, -0.1) is 0 Å². The lowest BCUT2D eigenvalue weighted by molar-refractivity contribution is -0.150. The van der Waals surface area contributed by atoms with Crippen molar-refractivity contribution in [2.24, 2.45) is 5.92 Å². The zero-order valence-corrected chi connectivity index (χ0v) is 16.2. The molecule has 1 aliphatic heterocycles. The van der Waals surface area contributed by atoms with E-state index in [2.05, 4.69) is 22.3 Å². The van der Waals surface area contributed by atoms with Gasteiger partial charge in [-0.2, -0.15) is 0 Å². The zero-order valence-electron chi connectivity index (χ0n) is 16.2. The van der Waals surface area contributed by atoms with Gasteiger partial charge in [-0.25, -0.2) is 4.79 Å². The Morgan fingerprint density at radius 1 is 1.23 bits per heavy atom. The van der Waals surface area contributed by atoms with Gasteiger partial charge in [-0.05, 0) is 46.2 Å². The summed E-state index contributed by atoms with van der Waals surface area (Å²) in [5.41, 5.74) is 0.625. The number of ether oxygens (including phenoxy) is 2. The van der Waals surface area contributed by atoms with E-state index in [1.807, 2.05) is 39.0 Å². The van der Waals surface area contributed by atoms with Crippen LogP contribution in [0.1, 0.15) is 39.7 Å². The molecule has 1 aromatic carbocycles. The number of piperidine rings is 1. The first-order valence-corrected chi connectivity index (χ1v) is 9.21. The molecule has 0 saturated carbocycles. The number of rotatable bonds is 5. The molecule has 1 saturated heterocycles. The van der Waals surface area contributed by atoms with E-state index in [1.165, 1.54) is 5.56 Å². The number of esters is 1. The van der Waals surface area contributed by atoms with Crippen LogP contribution in [0.5, 0.6) is 0 Å². The lowest BCUT2D eigenvalue weighted by Gasteiger charge is -2.37. The Balaban J connectivity index is 2.04. The molecule has 1 fully saturated rings. The lowest BCUT2D eigenvalue weighted by Crippen LogP contribution is -2.55. The van der Waals surface area contributed by atoms with Crippen molar-refractivity contribution in [3.63, 3.8) is 0 Å². The summed E-state index contributed by atoms with van der Waals surface area (Å²) in [4.78, 5) is 26.8. The molecule has 0 radical (unpaired) electrons. The summed E-state index contributed by atoms with van der Waals surface area (Å²) in [6.07, 6.45) is 0.143. The first-order chi connectivity index (χ1) is 12.3. The van der Waals surface area contributed by atoms with E-state index in [0.29, 0.717) is 19.6 Å². The summed E-state index contributed by atoms with van der Waals surface area (Å²) < 4.78 is 10.6. The molecule has 26 heavy (non-hydrogen) atoms. The summed E-state index contributed by atoms with van der Waals surface area (Å²) in [6, 6.07) is 9.83. The Morgan fingerprint density at radius 2 is 1.92 bits per heavy atom. The van der Waals surface area contributed by atoms with Crippen LogP contribution in [0.2, 0.25) is 0 Å². The minimum atomic E-state index is -0.581. The molecule has 0 aromatic heterocycles. The molecule has 0 aliphatic carbocycles. The van der Waals surface area contributed by atoms with Crippen molar-refractivity contribution in [2.75, 3.05) is 19.7 Å². The minimum absolute atomic E-state index is 0.257. The van der Waals surface area contributed by atoms with Gasteiger partial charge in [0.15, 0.2) is 0 Å². The van der Waals surface area contributed by atoms with Crippen LogP contribution in [-0.2, 0) is 20.8 Å². The zero-order chi connectivity index (χ0) is 19.2. The highest BCUT2D eigenvalue weighted by molar-refractivity contribution is 5.75. The molecule has 2 atom stereocenters. The van der Waals surface area contributed by atoms with E-state index in [4.69, 9.17) is 9.47 Å². The van der Waals surface area contributed by atoms with E-state index in [9.17, 15) is 9.59 Å². The Hall–Kier alpha value is -2.08. The Labute approximate surface area is 155 Å². The van der Waals surface area contributed by atoms with Gasteiger partial charge < -0.3 is 14.8 Å². The molecule has 6 nitrogen and oxygen atoms in total. The van der Waals surface area contributed by atoms with Crippen molar-refractivity contribution in [1.82, 2.24) is 10.2 Å². The monoisotopic (exact) mass is 362 g/mol. The third kappa shape index (κ3) is 6.33. The molecule has 0 spiro atoms. The van der Waals surface area contributed by atoms with Crippen molar-refractivity contribution in [2.45, 2.75) is 52.3 Å². The summed E-state index contributed by atoms with van der Waals surface area (Å²) in [7, 11) is 0. The van der Waals surface area contributed by atoms with E-state index in [-0.39, 0.29) is 17.9 Å². The fourth-order valence-corrected chi connectivity index (χ4v) is 3.14. The van der Waals surface area contributed by atoms with Crippen molar-refractivity contribution >= 4 is 12.1 Å². The fraction of sp³-hybridized carbons (Fsp3) is 0.600. The van der Waals surface area contributed by atoms with Gasteiger partial charge in [-0.3, -0.25) is 9.69 Å². The van der Waals surface area contributed by atoms with Crippen LogP contribution in [0.25, 0.3) is 0 Å². The second-order valence-electron chi connectivity index (χ2n) is 7.62. The van der Waals surface area contributed by atoms with Gasteiger partial charge in [0.05, 0.1) is 18.6 Å². The van der Waals surface area contributed by atoms with Crippen molar-refractivity contribution in [3.8, 4) is 0 Å². The third-order valence-electron chi connectivity index (χ3n) is 4.24. The second kappa shape index (κ2) is 9.03. The number of amides is 1. The normalized spacial score (nSPS) is 21.1. The molecule has 144 valence electrons. The van der Waals surface area contributed by atoms with Gasteiger partial charge in [0, 0.05) is 13.1 Å². The Bertz CT molecular complexity index is 598. The lowest BCUT2D eigenvalue weighted by atomic mass is 9.91. The minimum Gasteiger partial charge on any atom is -0.466 e. The number of carbonyl (C=O) groups is 2. The maximum Gasteiger partial charge on any atom is 0.407 e. The predicted molar refractivity (Wildman–Crippen MR) is 99.6 cm³/mol. The van der Waals surface area contributed by atoms with E-state index >= 15 is 0 Å². The molecule has 1 aliphatic rings. The molecular formula is C20H30N2O4. The largest absolute Gasteiger partial charge is 0.466 e. The van der Waals surface area contributed by atoms with Crippen LogP contribution in [0.4, 0.5) is 4.79 Å². The van der Waals surface area contributed by atoms with Crippen molar-refractivity contribution in [3.05, 3.63) is 35.9 Å². The quantitative estimate of drug-likeness (QED) is 0.816. The molecule has 1 heterocycles. The van der Waals surface area contributed by atoms with Crippen LogP contribution in [0, 0.1) is 5.92 Å². The molecule has 1 N–H and O–H groups in total. The van der Waals surface area contributed by atoms with E-state index in [0.717, 1.165) is 13.1 Å². The summed E-state index contributed by atoms with van der Waals surface area (Å²) in [5, 5.41) is 2.88. The summed E-state index contributed by atoms with van der Waals surface area (Å²) in [5.74, 6) is -0.609. The smallest absolute Gasteiger partial charge is 0.407 e. The van der Waals surface area contributed by atoms with E-state index in [1.54, 1.807) is 6.92 Å². The van der Waals surface area contributed by atoms with Gasteiger partial charge in [0.25, 0.3) is 0 Å². The Kier molecular flexibility index (Phi) is 7.03. The average Bonchev–Trinajstić information content (AvgIpc) is 2.54. The van der Waals surface area contributed by atoms with Crippen LogP contribution in [0.15, 0.2) is 30.3 Å². The number of likely N-dealkylation sites (tertiary alicyclic amines) is 1. The Morgan fingerprint density at radius 3 is 2.54 bits per heavy atom. The van der Waals surface area contributed by atoms with Crippen LogP contribution in [-0.4, -0.2) is 48.3 Å².